The fraction of sp³-hybridized carbons (Fsp3) is 0.455. The Morgan fingerprint density at radius 1 is 1.17 bits per heavy atom. The first-order chi connectivity index (χ1) is 8.33. The summed E-state index contributed by atoms with van der Waals surface area (Å²) in [4.78, 5) is 0. The van der Waals surface area contributed by atoms with E-state index in [1.165, 1.54) is 12.1 Å². The molecule has 0 bridgehead atoms. The summed E-state index contributed by atoms with van der Waals surface area (Å²) in [6.45, 7) is 0. The Hall–Kier alpha value is -0.920. The van der Waals surface area contributed by atoms with Gasteiger partial charge in [-0.2, -0.15) is 12.6 Å². The SMILES string of the molecule is OC(CCS)C(O)c1ccc(OC(F)(F)F)cc1. The van der Waals surface area contributed by atoms with Crippen molar-refractivity contribution in [3.63, 3.8) is 0 Å². The zero-order valence-electron chi connectivity index (χ0n) is 9.26. The predicted molar refractivity (Wildman–Crippen MR) is 62.6 cm³/mol. The van der Waals surface area contributed by atoms with Crippen LogP contribution < -0.4 is 4.74 Å². The van der Waals surface area contributed by atoms with Gasteiger partial charge in [0.25, 0.3) is 0 Å². The van der Waals surface area contributed by atoms with Crippen molar-refractivity contribution in [3.05, 3.63) is 29.8 Å². The minimum atomic E-state index is -4.74. The standard InChI is InChI=1S/C11H13F3O3S/c12-11(13,14)17-8-3-1-7(2-4-8)10(16)9(15)5-6-18/h1-4,9-10,15-16,18H,5-6H2. The summed E-state index contributed by atoms with van der Waals surface area (Å²) < 4.78 is 39.4. The molecule has 2 N–H and O–H groups in total. The second-order valence-corrected chi connectivity index (χ2v) is 4.09. The maximum absolute atomic E-state index is 11.9. The first-order valence-corrected chi connectivity index (χ1v) is 5.79. The van der Waals surface area contributed by atoms with E-state index < -0.39 is 18.6 Å². The third-order valence-electron chi connectivity index (χ3n) is 2.24. The van der Waals surface area contributed by atoms with Crippen molar-refractivity contribution in [2.45, 2.75) is 25.0 Å². The molecule has 0 aliphatic carbocycles. The van der Waals surface area contributed by atoms with Gasteiger partial charge >= 0.3 is 6.36 Å². The number of alkyl halides is 3. The van der Waals surface area contributed by atoms with Gasteiger partial charge in [-0.1, -0.05) is 12.1 Å². The summed E-state index contributed by atoms with van der Waals surface area (Å²) >= 11 is 3.91. The summed E-state index contributed by atoms with van der Waals surface area (Å²) in [5.41, 5.74) is 0.318. The van der Waals surface area contributed by atoms with Crippen LogP contribution >= 0.6 is 12.6 Å². The average molecular weight is 282 g/mol. The number of ether oxygens (including phenoxy) is 1. The van der Waals surface area contributed by atoms with Crippen LogP contribution in [0.1, 0.15) is 18.1 Å². The van der Waals surface area contributed by atoms with Crippen molar-refractivity contribution < 1.29 is 28.1 Å². The third-order valence-corrected chi connectivity index (χ3v) is 2.50. The lowest BCUT2D eigenvalue weighted by Gasteiger charge is -2.17. The maximum Gasteiger partial charge on any atom is 0.573 e. The molecule has 18 heavy (non-hydrogen) atoms. The normalized spacial score (nSPS) is 15.2. The van der Waals surface area contributed by atoms with Crippen molar-refractivity contribution in [1.29, 1.82) is 0 Å². The topological polar surface area (TPSA) is 49.7 Å². The van der Waals surface area contributed by atoms with E-state index in [1.54, 1.807) is 0 Å². The van der Waals surface area contributed by atoms with Gasteiger partial charge in [-0.3, -0.25) is 0 Å². The van der Waals surface area contributed by atoms with Crippen molar-refractivity contribution in [2.24, 2.45) is 0 Å². The van der Waals surface area contributed by atoms with E-state index in [2.05, 4.69) is 17.4 Å². The lowest BCUT2D eigenvalue weighted by Crippen LogP contribution is -2.19. The van der Waals surface area contributed by atoms with Crippen molar-refractivity contribution in [1.82, 2.24) is 0 Å². The number of hydrogen-bond acceptors (Lipinski definition) is 4. The second-order valence-electron chi connectivity index (χ2n) is 3.64. The van der Waals surface area contributed by atoms with Crippen LogP contribution in [0.15, 0.2) is 24.3 Å². The first-order valence-electron chi connectivity index (χ1n) is 5.16. The van der Waals surface area contributed by atoms with E-state index in [0.717, 1.165) is 12.1 Å². The molecule has 3 nitrogen and oxygen atoms in total. The van der Waals surface area contributed by atoms with Crippen LogP contribution in [0.3, 0.4) is 0 Å². The second kappa shape index (κ2) is 6.31. The summed E-state index contributed by atoms with van der Waals surface area (Å²) in [5.74, 6) is 0.0233. The van der Waals surface area contributed by atoms with E-state index in [4.69, 9.17) is 0 Å². The van der Waals surface area contributed by atoms with Crippen LogP contribution in [0.4, 0.5) is 13.2 Å². The maximum atomic E-state index is 11.9. The molecule has 2 atom stereocenters. The van der Waals surface area contributed by atoms with Gasteiger partial charge in [-0.25, -0.2) is 0 Å². The van der Waals surface area contributed by atoms with E-state index in [9.17, 15) is 23.4 Å². The molecule has 1 rings (SSSR count). The monoisotopic (exact) mass is 282 g/mol. The average Bonchev–Trinajstić information content (AvgIpc) is 2.27. The van der Waals surface area contributed by atoms with Gasteiger partial charge in [0.05, 0.1) is 6.10 Å². The highest BCUT2D eigenvalue weighted by Crippen LogP contribution is 2.25. The van der Waals surface area contributed by atoms with Crippen LogP contribution in [0.2, 0.25) is 0 Å². The summed E-state index contributed by atoms with van der Waals surface area (Å²) in [5, 5.41) is 19.2. The molecule has 0 saturated carbocycles. The number of aliphatic hydroxyl groups is 2. The lowest BCUT2D eigenvalue weighted by molar-refractivity contribution is -0.274. The Kier molecular flexibility index (Phi) is 5.30. The number of benzene rings is 1. The fourth-order valence-electron chi connectivity index (χ4n) is 1.38. The minimum Gasteiger partial charge on any atom is -0.406 e. The molecule has 7 heteroatoms. The predicted octanol–water partition coefficient (Wildman–Crippen LogP) is 2.30. The molecular weight excluding hydrogens is 269 g/mol. The molecule has 0 fully saturated rings. The van der Waals surface area contributed by atoms with Gasteiger partial charge in [0.1, 0.15) is 11.9 Å². The number of rotatable bonds is 5. The largest absolute Gasteiger partial charge is 0.573 e. The van der Waals surface area contributed by atoms with Gasteiger partial charge in [0, 0.05) is 0 Å². The van der Waals surface area contributed by atoms with Crippen LogP contribution in [-0.4, -0.2) is 28.4 Å². The van der Waals surface area contributed by atoms with Gasteiger partial charge in [0.15, 0.2) is 0 Å². The van der Waals surface area contributed by atoms with E-state index in [1.807, 2.05) is 0 Å². The van der Waals surface area contributed by atoms with Gasteiger partial charge in [-0.05, 0) is 29.9 Å². The van der Waals surface area contributed by atoms with Crippen molar-refractivity contribution >= 4 is 12.6 Å². The summed E-state index contributed by atoms with van der Waals surface area (Å²) in [7, 11) is 0. The Balaban J connectivity index is 2.70. The van der Waals surface area contributed by atoms with E-state index in [-0.39, 0.29) is 12.2 Å². The minimum absolute atomic E-state index is 0.283. The highest BCUT2D eigenvalue weighted by Gasteiger charge is 2.31. The van der Waals surface area contributed by atoms with E-state index in [0.29, 0.717) is 11.3 Å². The van der Waals surface area contributed by atoms with Crippen molar-refractivity contribution in [2.75, 3.05) is 5.75 Å². The molecule has 1 aromatic rings. The van der Waals surface area contributed by atoms with Crippen LogP contribution in [0.5, 0.6) is 5.75 Å². The molecule has 0 amide bonds. The molecule has 0 aliphatic heterocycles. The molecule has 102 valence electrons. The van der Waals surface area contributed by atoms with Gasteiger partial charge in [-0.15, -0.1) is 13.2 Å². The Morgan fingerprint density at radius 2 is 1.72 bits per heavy atom. The highest BCUT2D eigenvalue weighted by molar-refractivity contribution is 7.80. The Bertz CT molecular complexity index is 367. The molecule has 0 aliphatic rings. The number of thiol groups is 1. The third kappa shape index (κ3) is 4.75. The zero-order chi connectivity index (χ0) is 13.8. The molecule has 2 unspecified atom stereocenters. The molecule has 0 saturated heterocycles. The molecular formula is C11H13F3O3S. The molecule has 0 radical (unpaired) electrons. The van der Waals surface area contributed by atoms with Crippen molar-refractivity contribution in [3.8, 4) is 5.75 Å². The zero-order valence-corrected chi connectivity index (χ0v) is 10.2. The molecule has 1 aromatic carbocycles. The van der Waals surface area contributed by atoms with Gasteiger partial charge < -0.3 is 14.9 Å². The fourth-order valence-corrected chi connectivity index (χ4v) is 1.64. The first kappa shape index (κ1) is 15.1. The Labute approximate surface area is 108 Å². The van der Waals surface area contributed by atoms with E-state index >= 15 is 0 Å². The summed E-state index contributed by atoms with van der Waals surface area (Å²) in [6.07, 6.45) is -6.62. The molecule has 0 spiro atoms. The summed E-state index contributed by atoms with van der Waals surface area (Å²) in [6, 6.07) is 4.71. The highest BCUT2D eigenvalue weighted by atomic mass is 32.1. The molecule has 0 aromatic heterocycles. The quantitative estimate of drug-likeness (QED) is 0.726. The van der Waals surface area contributed by atoms with Gasteiger partial charge in [0.2, 0.25) is 0 Å². The number of halogens is 3. The van der Waals surface area contributed by atoms with Crippen LogP contribution in [-0.2, 0) is 0 Å². The molecule has 0 heterocycles. The number of aliphatic hydroxyl groups excluding tert-OH is 2. The lowest BCUT2D eigenvalue weighted by atomic mass is 10.0. The number of hydrogen-bond donors (Lipinski definition) is 3. The van der Waals surface area contributed by atoms with Crippen LogP contribution in [0, 0.1) is 0 Å². The van der Waals surface area contributed by atoms with Crippen LogP contribution in [0.25, 0.3) is 0 Å². The Morgan fingerprint density at radius 3 is 2.17 bits per heavy atom. The smallest absolute Gasteiger partial charge is 0.406 e.